The number of rotatable bonds is 8. The quantitative estimate of drug-likeness (QED) is 0.516. The summed E-state index contributed by atoms with van der Waals surface area (Å²) >= 11 is 3.70. The van der Waals surface area contributed by atoms with E-state index in [2.05, 4.69) is 66.6 Å². The Morgan fingerprint density at radius 1 is 1.26 bits per heavy atom. The van der Waals surface area contributed by atoms with Crippen molar-refractivity contribution >= 4 is 29.1 Å². The van der Waals surface area contributed by atoms with Gasteiger partial charge in [0.25, 0.3) is 0 Å². The summed E-state index contributed by atoms with van der Waals surface area (Å²) in [7, 11) is 1.72. The van der Waals surface area contributed by atoms with E-state index in [4.69, 9.17) is 4.74 Å². The number of fused-ring (bicyclic) bond motifs is 1. The zero-order valence-electron chi connectivity index (χ0n) is 18.2. The number of hydrogen-bond acceptors (Lipinski definition) is 5. The molecule has 4 rings (SSSR count). The fraction of sp³-hybridized carbons (Fsp3) is 0.308. The van der Waals surface area contributed by atoms with E-state index in [-0.39, 0.29) is 0 Å². The predicted molar refractivity (Wildman–Crippen MR) is 136 cm³/mol. The van der Waals surface area contributed by atoms with Gasteiger partial charge in [0.15, 0.2) is 0 Å². The zero-order valence-corrected chi connectivity index (χ0v) is 19.9. The maximum atomic E-state index is 5.36. The first-order chi connectivity index (χ1) is 15.2. The van der Waals surface area contributed by atoms with Crippen molar-refractivity contribution in [2.45, 2.75) is 37.1 Å². The van der Waals surface area contributed by atoms with Crippen molar-refractivity contribution < 1.29 is 4.74 Å². The van der Waals surface area contributed by atoms with E-state index in [0.717, 1.165) is 37.3 Å². The molecular formula is C26H30N2OS2. The highest BCUT2D eigenvalue weighted by atomic mass is 32.2. The largest absolute Gasteiger partial charge is 0.497 e. The number of hydrogen-bond donors (Lipinski definition) is 2. The average molecular weight is 451 g/mol. The first kappa shape index (κ1) is 22.0. The highest BCUT2D eigenvalue weighted by Gasteiger charge is 2.20. The van der Waals surface area contributed by atoms with Crippen LogP contribution >= 0.6 is 23.5 Å². The van der Waals surface area contributed by atoms with Crippen molar-refractivity contribution in [1.29, 1.82) is 0 Å². The van der Waals surface area contributed by atoms with Crippen molar-refractivity contribution in [2.75, 3.05) is 19.4 Å². The van der Waals surface area contributed by atoms with E-state index >= 15 is 0 Å². The second-order valence-corrected chi connectivity index (χ2v) is 9.84. The van der Waals surface area contributed by atoms with E-state index in [1.165, 1.54) is 37.2 Å². The van der Waals surface area contributed by atoms with Crippen LogP contribution in [0.4, 0.5) is 0 Å². The Kier molecular flexibility index (Phi) is 7.36. The lowest BCUT2D eigenvalue weighted by Gasteiger charge is -2.18. The molecule has 2 heterocycles. The van der Waals surface area contributed by atoms with Gasteiger partial charge in [0.1, 0.15) is 5.75 Å². The fourth-order valence-electron chi connectivity index (χ4n) is 3.75. The first-order valence-electron chi connectivity index (χ1n) is 10.8. The summed E-state index contributed by atoms with van der Waals surface area (Å²) in [6, 6.07) is 15.8. The molecule has 31 heavy (non-hydrogen) atoms. The smallest absolute Gasteiger partial charge is 0.120 e. The molecular weight excluding hydrogens is 420 g/mol. The van der Waals surface area contributed by atoms with Crippen LogP contribution in [0.5, 0.6) is 5.75 Å². The van der Waals surface area contributed by atoms with Gasteiger partial charge in [-0.2, -0.15) is 0 Å². The standard InChI is InChI=1S/C26H30N2OS2/c1-4-21-17-30-26(28-21)23(5-2)19-8-6-18(7-9-19)14-15-27-25-13-11-20-10-12-22(29-3)16-24(20)31-25/h5-10,12-13,16,21,27-28H,2,4,11,14-15,17H2,1,3H3/b26-23-. The predicted octanol–water partition coefficient (Wildman–Crippen LogP) is 5.99. The molecule has 162 valence electrons. The third kappa shape index (κ3) is 5.34. The van der Waals surface area contributed by atoms with E-state index < -0.39 is 0 Å². The Morgan fingerprint density at radius 2 is 2.10 bits per heavy atom. The van der Waals surface area contributed by atoms with Gasteiger partial charge < -0.3 is 15.4 Å². The Balaban J connectivity index is 1.32. The van der Waals surface area contributed by atoms with Gasteiger partial charge >= 0.3 is 0 Å². The second kappa shape index (κ2) is 10.4. The monoisotopic (exact) mass is 450 g/mol. The lowest BCUT2D eigenvalue weighted by Crippen LogP contribution is -2.21. The van der Waals surface area contributed by atoms with E-state index in [0.29, 0.717) is 6.04 Å². The topological polar surface area (TPSA) is 33.3 Å². The number of methoxy groups -OCH3 is 1. The lowest BCUT2D eigenvalue weighted by molar-refractivity contribution is 0.413. The average Bonchev–Trinajstić information content (AvgIpc) is 3.29. The molecule has 0 bridgehead atoms. The second-order valence-electron chi connectivity index (χ2n) is 7.73. The van der Waals surface area contributed by atoms with Crippen LogP contribution in [-0.4, -0.2) is 25.4 Å². The molecule has 1 unspecified atom stereocenters. The summed E-state index contributed by atoms with van der Waals surface area (Å²) in [4.78, 5) is 1.28. The Morgan fingerprint density at radius 3 is 2.81 bits per heavy atom. The van der Waals surface area contributed by atoms with Crippen LogP contribution < -0.4 is 15.4 Å². The minimum absolute atomic E-state index is 0.570. The van der Waals surface area contributed by atoms with Gasteiger partial charge in [0, 0.05) is 28.8 Å². The first-order valence-corrected chi connectivity index (χ1v) is 12.6. The van der Waals surface area contributed by atoms with Crippen molar-refractivity contribution in [3.8, 4) is 5.75 Å². The van der Waals surface area contributed by atoms with Gasteiger partial charge in [-0.1, -0.05) is 61.7 Å². The minimum Gasteiger partial charge on any atom is -0.497 e. The molecule has 0 amide bonds. The molecule has 5 heteroatoms. The molecule has 0 spiro atoms. The Hall–Kier alpha value is -2.24. The number of allylic oxidation sites excluding steroid dienone is 3. The van der Waals surface area contributed by atoms with E-state index in [1.807, 2.05) is 23.9 Å². The van der Waals surface area contributed by atoms with E-state index in [9.17, 15) is 0 Å². The number of benzene rings is 2. The normalized spacial score (nSPS) is 19.2. The van der Waals surface area contributed by atoms with Crippen LogP contribution in [0.3, 0.4) is 0 Å². The fourth-order valence-corrected chi connectivity index (χ4v) is 6.08. The summed E-state index contributed by atoms with van der Waals surface area (Å²) < 4.78 is 5.36. The number of thioether (sulfide) groups is 2. The molecule has 0 saturated carbocycles. The maximum Gasteiger partial charge on any atom is 0.120 e. The van der Waals surface area contributed by atoms with Crippen molar-refractivity contribution in [2.24, 2.45) is 0 Å². The summed E-state index contributed by atoms with van der Waals surface area (Å²) in [6.45, 7) is 7.20. The van der Waals surface area contributed by atoms with Crippen molar-refractivity contribution in [3.63, 3.8) is 0 Å². The number of nitrogens with one attached hydrogen (secondary N) is 2. The van der Waals surface area contributed by atoms with Gasteiger partial charge in [-0.15, -0.1) is 11.8 Å². The molecule has 0 radical (unpaired) electrons. The van der Waals surface area contributed by atoms with Crippen LogP contribution in [0, 0.1) is 0 Å². The van der Waals surface area contributed by atoms with Gasteiger partial charge in [-0.3, -0.25) is 0 Å². The number of ether oxygens (including phenoxy) is 1. The maximum absolute atomic E-state index is 5.36. The third-order valence-electron chi connectivity index (χ3n) is 5.69. The summed E-state index contributed by atoms with van der Waals surface area (Å²) in [5.41, 5.74) is 5.14. The van der Waals surface area contributed by atoms with Crippen LogP contribution in [0.1, 0.15) is 30.0 Å². The molecule has 2 aliphatic heterocycles. The van der Waals surface area contributed by atoms with Crippen molar-refractivity contribution in [3.05, 3.63) is 87.9 Å². The van der Waals surface area contributed by atoms with Crippen LogP contribution in [-0.2, 0) is 12.8 Å². The van der Waals surface area contributed by atoms with Crippen LogP contribution in [0.15, 0.2) is 76.1 Å². The highest BCUT2D eigenvalue weighted by molar-refractivity contribution is 8.03. The highest BCUT2D eigenvalue weighted by Crippen LogP contribution is 2.36. The van der Waals surface area contributed by atoms with Gasteiger partial charge in [-0.05, 0) is 54.2 Å². The van der Waals surface area contributed by atoms with Crippen LogP contribution in [0.2, 0.25) is 0 Å². The van der Waals surface area contributed by atoms with Crippen molar-refractivity contribution in [1.82, 2.24) is 10.6 Å². The lowest BCUT2D eigenvalue weighted by atomic mass is 10.0. The molecule has 2 N–H and O–H groups in total. The molecule has 1 saturated heterocycles. The molecule has 2 aliphatic rings. The van der Waals surface area contributed by atoms with Crippen LogP contribution in [0.25, 0.3) is 5.57 Å². The molecule has 2 aromatic rings. The molecule has 0 aromatic heterocycles. The van der Waals surface area contributed by atoms with Gasteiger partial charge in [0.2, 0.25) is 0 Å². The SMILES string of the molecule is C=C/C(=C1\NC(CC)CS1)c1ccc(CCNC2=CCc3ccc(OC)cc3S2)cc1. The van der Waals surface area contributed by atoms with E-state index in [1.54, 1.807) is 18.9 Å². The molecule has 2 aromatic carbocycles. The summed E-state index contributed by atoms with van der Waals surface area (Å²) in [6.07, 6.45) is 7.37. The molecule has 3 nitrogen and oxygen atoms in total. The third-order valence-corrected chi connectivity index (χ3v) is 8.01. The Labute approximate surface area is 194 Å². The van der Waals surface area contributed by atoms with Gasteiger partial charge in [-0.25, -0.2) is 0 Å². The molecule has 1 atom stereocenters. The molecule has 1 fully saturated rings. The zero-order chi connectivity index (χ0) is 21.6. The Bertz CT molecular complexity index is 995. The van der Waals surface area contributed by atoms with Gasteiger partial charge in [0.05, 0.1) is 17.2 Å². The summed E-state index contributed by atoms with van der Waals surface area (Å²) in [5.74, 6) is 2.05. The minimum atomic E-state index is 0.570. The molecule has 0 aliphatic carbocycles. The summed E-state index contributed by atoms with van der Waals surface area (Å²) in [5, 5.41) is 9.72.